The second kappa shape index (κ2) is 9.02. The molecular formula is C27H33N5O. The van der Waals surface area contributed by atoms with Gasteiger partial charge in [0.1, 0.15) is 5.75 Å². The van der Waals surface area contributed by atoms with Crippen LogP contribution in [0.25, 0.3) is 16.8 Å². The van der Waals surface area contributed by atoms with E-state index in [4.69, 9.17) is 4.74 Å². The van der Waals surface area contributed by atoms with Gasteiger partial charge in [-0.25, -0.2) is 4.68 Å². The number of nitrogens with one attached hydrogen (secondary N) is 1. The van der Waals surface area contributed by atoms with Gasteiger partial charge in [-0.15, -0.1) is 5.10 Å². The molecule has 6 heteroatoms. The van der Waals surface area contributed by atoms with E-state index in [2.05, 4.69) is 82.4 Å². The molecule has 1 aromatic heterocycles. The molecule has 0 radical (unpaired) electrons. The molecule has 0 fully saturated rings. The fourth-order valence-electron chi connectivity index (χ4n) is 5.04. The van der Waals surface area contributed by atoms with E-state index in [1.807, 2.05) is 12.1 Å². The first kappa shape index (κ1) is 21.7. The highest BCUT2D eigenvalue weighted by molar-refractivity contribution is 5.75. The van der Waals surface area contributed by atoms with Crippen molar-refractivity contribution < 1.29 is 4.74 Å². The van der Waals surface area contributed by atoms with E-state index in [1.165, 1.54) is 22.3 Å². The van der Waals surface area contributed by atoms with Crippen molar-refractivity contribution >= 4 is 11.3 Å². The quantitative estimate of drug-likeness (QED) is 0.579. The molecule has 1 atom stereocenters. The molecule has 0 aliphatic carbocycles. The second-order valence-electron chi connectivity index (χ2n) is 9.33. The van der Waals surface area contributed by atoms with Crippen LogP contribution >= 0.6 is 0 Å². The van der Waals surface area contributed by atoms with Crippen LogP contribution in [0.15, 0.2) is 48.5 Å². The molecule has 33 heavy (non-hydrogen) atoms. The lowest BCUT2D eigenvalue weighted by molar-refractivity contribution is 0.245. The minimum absolute atomic E-state index is 0.171. The molecule has 0 spiro atoms. The fourth-order valence-corrected chi connectivity index (χ4v) is 5.04. The number of hydrogen-bond acceptors (Lipinski definition) is 5. The molecule has 2 aromatic carbocycles. The number of hydrogen-bond donors (Lipinski definition) is 1. The van der Waals surface area contributed by atoms with Crippen LogP contribution in [0.3, 0.4) is 0 Å². The number of methoxy groups -OCH3 is 1. The maximum absolute atomic E-state index is 5.44. The lowest BCUT2D eigenvalue weighted by atomic mass is 9.90. The largest absolute Gasteiger partial charge is 0.497 e. The van der Waals surface area contributed by atoms with E-state index < -0.39 is 0 Å². The van der Waals surface area contributed by atoms with Crippen molar-refractivity contribution in [1.29, 1.82) is 0 Å². The predicted molar refractivity (Wildman–Crippen MR) is 133 cm³/mol. The number of benzene rings is 2. The van der Waals surface area contributed by atoms with Gasteiger partial charge in [-0.05, 0) is 68.5 Å². The first-order valence-corrected chi connectivity index (χ1v) is 11.9. The summed E-state index contributed by atoms with van der Waals surface area (Å²) < 4.78 is 7.50. The molecule has 5 rings (SSSR count). The third kappa shape index (κ3) is 4.27. The van der Waals surface area contributed by atoms with Gasteiger partial charge in [0.25, 0.3) is 0 Å². The normalized spacial score (nSPS) is 18.3. The Morgan fingerprint density at radius 3 is 2.76 bits per heavy atom. The van der Waals surface area contributed by atoms with Crippen molar-refractivity contribution in [3.8, 4) is 17.0 Å². The first-order chi connectivity index (χ1) is 16.0. The van der Waals surface area contributed by atoms with E-state index in [0.29, 0.717) is 6.04 Å². The summed E-state index contributed by atoms with van der Waals surface area (Å²) in [6.07, 6.45) is 4.43. The van der Waals surface area contributed by atoms with Crippen LogP contribution in [0.1, 0.15) is 49.6 Å². The summed E-state index contributed by atoms with van der Waals surface area (Å²) >= 11 is 0. The molecular weight excluding hydrogens is 410 g/mol. The Balaban J connectivity index is 1.54. The van der Waals surface area contributed by atoms with Crippen molar-refractivity contribution in [2.24, 2.45) is 0 Å². The van der Waals surface area contributed by atoms with E-state index in [1.54, 1.807) is 7.11 Å². The highest BCUT2D eigenvalue weighted by Crippen LogP contribution is 2.39. The summed E-state index contributed by atoms with van der Waals surface area (Å²) in [4.78, 5) is 2.52. The van der Waals surface area contributed by atoms with E-state index in [9.17, 15) is 0 Å². The van der Waals surface area contributed by atoms with Gasteiger partial charge in [-0.2, -0.15) is 0 Å². The van der Waals surface area contributed by atoms with Crippen molar-refractivity contribution in [2.75, 3.05) is 25.5 Å². The molecule has 1 unspecified atom stereocenters. The van der Waals surface area contributed by atoms with Gasteiger partial charge in [-0.1, -0.05) is 29.5 Å². The molecule has 2 aliphatic rings. The topological polar surface area (TPSA) is 55.2 Å². The van der Waals surface area contributed by atoms with Gasteiger partial charge in [0.15, 0.2) is 0 Å². The van der Waals surface area contributed by atoms with Crippen LogP contribution in [0.4, 0.5) is 5.69 Å². The fraction of sp³-hybridized carbons (Fsp3) is 0.407. The Kier molecular flexibility index (Phi) is 5.94. The van der Waals surface area contributed by atoms with Gasteiger partial charge in [-0.3, -0.25) is 4.90 Å². The summed E-state index contributed by atoms with van der Waals surface area (Å²) in [5.74, 6) is 0.859. The van der Waals surface area contributed by atoms with E-state index in [-0.39, 0.29) is 6.04 Å². The summed E-state index contributed by atoms with van der Waals surface area (Å²) in [6, 6.07) is 15.9. The number of fused-ring (bicyclic) bond motifs is 3. The van der Waals surface area contributed by atoms with Gasteiger partial charge in [0.2, 0.25) is 0 Å². The van der Waals surface area contributed by atoms with Crippen LogP contribution in [0, 0.1) is 6.92 Å². The van der Waals surface area contributed by atoms with Crippen molar-refractivity contribution in [3.05, 3.63) is 65.4 Å². The molecule has 0 bridgehead atoms. The summed E-state index contributed by atoms with van der Waals surface area (Å²) in [5.41, 5.74) is 8.49. The van der Waals surface area contributed by atoms with Gasteiger partial charge >= 0.3 is 0 Å². The van der Waals surface area contributed by atoms with E-state index in [0.717, 1.165) is 55.3 Å². The van der Waals surface area contributed by atoms with Crippen LogP contribution in [0.5, 0.6) is 5.75 Å². The molecule has 0 amide bonds. The standard InChI is InChI=1S/C27H33N5O/c1-18(2)31-13-10-20(11-14-31)21-8-9-24-25(16-21)26(12-15-32-27(24)19(3)29-30-32)28-22-6-5-7-23(17-22)33-4/h5-10,16-18,26,28H,11-15H2,1-4H3. The van der Waals surface area contributed by atoms with Crippen LogP contribution in [0.2, 0.25) is 0 Å². The Hall–Kier alpha value is -3.12. The number of nitrogens with zero attached hydrogens (tertiary/aromatic N) is 4. The lowest BCUT2D eigenvalue weighted by Crippen LogP contribution is -2.34. The maximum atomic E-state index is 5.44. The first-order valence-electron chi connectivity index (χ1n) is 11.9. The van der Waals surface area contributed by atoms with Gasteiger partial charge in [0.05, 0.1) is 24.5 Å². The molecule has 0 saturated heterocycles. The Labute approximate surface area is 196 Å². The molecule has 6 nitrogen and oxygen atoms in total. The van der Waals surface area contributed by atoms with Gasteiger partial charge < -0.3 is 10.1 Å². The minimum Gasteiger partial charge on any atom is -0.497 e. The molecule has 3 heterocycles. The minimum atomic E-state index is 0.171. The maximum Gasteiger partial charge on any atom is 0.120 e. The number of anilines is 1. The van der Waals surface area contributed by atoms with Crippen molar-refractivity contribution in [2.45, 2.75) is 52.2 Å². The summed E-state index contributed by atoms with van der Waals surface area (Å²) in [6.45, 7) is 9.56. The van der Waals surface area contributed by atoms with E-state index >= 15 is 0 Å². The monoisotopic (exact) mass is 443 g/mol. The summed E-state index contributed by atoms with van der Waals surface area (Å²) in [7, 11) is 1.71. The Morgan fingerprint density at radius 1 is 1.12 bits per heavy atom. The Morgan fingerprint density at radius 2 is 2.00 bits per heavy atom. The molecule has 172 valence electrons. The van der Waals surface area contributed by atoms with Crippen LogP contribution < -0.4 is 10.1 Å². The zero-order chi connectivity index (χ0) is 22.9. The third-order valence-electron chi connectivity index (χ3n) is 6.97. The molecule has 0 saturated carbocycles. The average Bonchev–Trinajstić information content (AvgIpc) is 3.13. The van der Waals surface area contributed by atoms with Crippen molar-refractivity contribution in [3.63, 3.8) is 0 Å². The SMILES string of the molecule is COc1cccc(NC2CCn3nnc(C)c3-c3ccc(C4=CCN(C(C)C)CC4)cc32)c1. The molecule has 2 aliphatic heterocycles. The number of rotatable bonds is 5. The van der Waals surface area contributed by atoms with Gasteiger partial charge in [0, 0.05) is 43.0 Å². The highest BCUT2D eigenvalue weighted by Gasteiger charge is 2.26. The zero-order valence-corrected chi connectivity index (χ0v) is 20.0. The smallest absolute Gasteiger partial charge is 0.120 e. The average molecular weight is 444 g/mol. The van der Waals surface area contributed by atoms with Crippen molar-refractivity contribution in [1.82, 2.24) is 19.9 Å². The Bertz CT molecular complexity index is 1180. The third-order valence-corrected chi connectivity index (χ3v) is 6.97. The van der Waals surface area contributed by atoms with Crippen LogP contribution in [-0.4, -0.2) is 46.1 Å². The summed E-state index contributed by atoms with van der Waals surface area (Å²) in [5, 5.41) is 12.6. The molecule has 1 N–H and O–H groups in total. The molecule has 3 aromatic rings. The number of ether oxygens (including phenoxy) is 1. The predicted octanol–water partition coefficient (Wildman–Crippen LogP) is 5.32. The second-order valence-corrected chi connectivity index (χ2v) is 9.33. The number of aryl methyl sites for hydroxylation is 2. The van der Waals surface area contributed by atoms with Crippen LogP contribution in [-0.2, 0) is 6.54 Å². The highest BCUT2D eigenvalue weighted by atomic mass is 16.5. The lowest BCUT2D eigenvalue weighted by Gasteiger charge is -2.30. The number of aromatic nitrogens is 3. The zero-order valence-electron chi connectivity index (χ0n) is 20.0.